The normalized spacial score (nSPS) is 13.1. The molecule has 0 aliphatic carbocycles. The molecule has 4 rings (SSSR count). The minimum atomic E-state index is -0.648. The van der Waals surface area contributed by atoms with Crippen molar-refractivity contribution in [2.75, 3.05) is 7.11 Å². The Morgan fingerprint density at radius 1 is 0.686 bits per heavy atom. The fraction of sp³-hybridized carbons (Fsp3) is 0.188. The lowest BCUT2D eigenvalue weighted by Gasteiger charge is -2.34. The lowest BCUT2D eigenvalue weighted by atomic mass is 9.97. The number of hydrogen-bond donors (Lipinski definition) is 1. The molecule has 4 aromatic rings. The first-order valence-corrected chi connectivity index (χ1v) is 12.1. The second-order valence-corrected chi connectivity index (χ2v) is 8.76. The van der Waals surface area contributed by atoms with E-state index in [4.69, 9.17) is 4.74 Å². The molecule has 35 heavy (non-hydrogen) atoms. The average molecular weight is 464 g/mol. The van der Waals surface area contributed by atoms with E-state index in [1.54, 1.807) is 7.11 Å². The van der Waals surface area contributed by atoms with Crippen LogP contribution in [0.5, 0.6) is 5.75 Å². The molecule has 1 N–H and O–H groups in total. The van der Waals surface area contributed by atoms with Gasteiger partial charge in [-0.25, -0.2) is 0 Å². The molecule has 0 fully saturated rings. The highest BCUT2D eigenvalue weighted by Gasteiger charge is 2.25. The van der Waals surface area contributed by atoms with Gasteiger partial charge in [0.1, 0.15) is 5.75 Å². The lowest BCUT2D eigenvalue weighted by Crippen LogP contribution is -2.43. The van der Waals surface area contributed by atoms with Gasteiger partial charge in [-0.05, 0) is 40.8 Å². The molecule has 0 aliphatic rings. The highest BCUT2D eigenvalue weighted by Crippen LogP contribution is 2.21. The summed E-state index contributed by atoms with van der Waals surface area (Å²) in [5.74, 6) is 0.821. The van der Waals surface area contributed by atoms with Gasteiger partial charge in [0.2, 0.25) is 0 Å². The van der Waals surface area contributed by atoms with Crippen molar-refractivity contribution >= 4 is 6.08 Å². The fourth-order valence-electron chi connectivity index (χ4n) is 4.30. The van der Waals surface area contributed by atoms with Crippen LogP contribution in [0.15, 0.2) is 121 Å². The SMILES string of the molecule is COc1ccc(/C=C/[C@H](O)[C@H](Cc2ccccc2)N(Cc2ccccc2)Cc2ccccc2)cc1. The zero-order chi connectivity index (χ0) is 24.3. The third-order valence-corrected chi connectivity index (χ3v) is 6.21. The molecule has 0 amide bonds. The average Bonchev–Trinajstić information content (AvgIpc) is 2.92. The Balaban J connectivity index is 1.63. The van der Waals surface area contributed by atoms with E-state index in [1.165, 1.54) is 16.7 Å². The van der Waals surface area contributed by atoms with Crippen LogP contribution in [0.4, 0.5) is 0 Å². The molecule has 178 valence electrons. The van der Waals surface area contributed by atoms with Gasteiger partial charge >= 0.3 is 0 Å². The van der Waals surface area contributed by atoms with E-state index in [0.29, 0.717) is 0 Å². The number of aliphatic hydroxyl groups is 1. The van der Waals surface area contributed by atoms with Crippen LogP contribution in [0.1, 0.15) is 22.3 Å². The summed E-state index contributed by atoms with van der Waals surface area (Å²) in [5.41, 5.74) is 4.70. The smallest absolute Gasteiger partial charge is 0.118 e. The Morgan fingerprint density at radius 2 is 1.17 bits per heavy atom. The Kier molecular flexibility index (Phi) is 8.88. The number of benzene rings is 4. The molecule has 3 heteroatoms. The third-order valence-electron chi connectivity index (χ3n) is 6.21. The molecule has 4 aromatic carbocycles. The topological polar surface area (TPSA) is 32.7 Å². The van der Waals surface area contributed by atoms with E-state index in [2.05, 4.69) is 77.7 Å². The van der Waals surface area contributed by atoms with Crippen molar-refractivity contribution in [2.45, 2.75) is 31.7 Å². The van der Waals surface area contributed by atoms with E-state index < -0.39 is 6.10 Å². The molecule has 2 atom stereocenters. The van der Waals surface area contributed by atoms with E-state index >= 15 is 0 Å². The monoisotopic (exact) mass is 463 g/mol. The molecule has 0 aliphatic heterocycles. The maximum atomic E-state index is 11.5. The number of hydrogen-bond acceptors (Lipinski definition) is 3. The largest absolute Gasteiger partial charge is 0.497 e. The number of ether oxygens (including phenoxy) is 1. The van der Waals surface area contributed by atoms with E-state index in [-0.39, 0.29) is 6.04 Å². The van der Waals surface area contributed by atoms with Crippen LogP contribution in [0.3, 0.4) is 0 Å². The Hall–Kier alpha value is -3.66. The van der Waals surface area contributed by atoms with Gasteiger partial charge in [-0.1, -0.05) is 115 Å². The number of aliphatic hydroxyl groups excluding tert-OH is 1. The molecule has 0 saturated heterocycles. The van der Waals surface area contributed by atoms with E-state index in [9.17, 15) is 5.11 Å². The first-order chi connectivity index (χ1) is 17.2. The molecule has 0 saturated carbocycles. The Labute approximate surface area is 209 Å². The van der Waals surface area contributed by atoms with Crippen molar-refractivity contribution in [2.24, 2.45) is 0 Å². The third kappa shape index (κ3) is 7.41. The molecular weight excluding hydrogens is 430 g/mol. The number of methoxy groups -OCH3 is 1. The van der Waals surface area contributed by atoms with Crippen LogP contribution in [0, 0.1) is 0 Å². The van der Waals surface area contributed by atoms with Crippen molar-refractivity contribution in [1.82, 2.24) is 4.90 Å². The van der Waals surface area contributed by atoms with Gasteiger partial charge in [0.15, 0.2) is 0 Å². The summed E-state index contributed by atoms with van der Waals surface area (Å²) in [6.07, 6.45) is 4.00. The van der Waals surface area contributed by atoms with Gasteiger partial charge in [-0.15, -0.1) is 0 Å². The molecule has 0 spiro atoms. The van der Waals surface area contributed by atoms with Crippen molar-refractivity contribution < 1.29 is 9.84 Å². The summed E-state index contributed by atoms with van der Waals surface area (Å²) in [5, 5.41) is 11.5. The summed E-state index contributed by atoms with van der Waals surface area (Å²) in [6.45, 7) is 1.50. The molecule has 0 heterocycles. The van der Waals surface area contributed by atoms with E-state index in [0.717, 1.165) is 30.8 Å². The maximum Gasteiger partial charge on any atom is 0.118 e. The summed E-state index contributed by atoms with van der Waals surface area (Å²) in [7, 11) is 1.66. The maximum absolute atomic E-state index is 11.5. The standard InChI is InChI=1S/C32H33NO2/c1-35-30-20-17-26(18-21-30)19-22-32(34)31(23-27-11-5-2-6-12-27)33(24-28-13-7-3-8-14-28)25-29-15-9-4-10-16-29/h2-22,31-32,34H,23-25H2,1H3/b22-19+/t31-,32-/m0/s1. The molecule has 0 unspecified atom stereocenters. The fourth-order valence-corrected chi connectivity index (χ4v) is 4.30. The quantitative estimate of drug-likeness (QED) is 0.280. The van der Waals surface area contributed by atoms with Gasteiger partial charge < -0.3 is 9.84 Å². The predicted octanol–water partition coefficient (Wildman–Crippen LogP) is 6.38. The predicted molar refractivity (Wildman–Crippen MR) is 144 cm³/mol. The molecular formula is C32H33NO2. The highest BCUT2D eigenvalue weighted by atomic mass is 16.5. The minimum absolute atomic E-state index is 0.104. The molecule has 3 nitrogen and oxygen atoms in total. The minimum Gasteiger partial charge on any atom is -0.497 e. The van der Waals surface area contributed by atoms with Crippen molar-refractivity contribution in [1.29, 1.82) is 0 Å². The number of rotatable bonds is 11. The second-order valence-electron chi connectivity index (χ2n) is 8.76. The molecule has 0 radical (unpaired) electrons. The van der Waals surface area contributed by atoms with Crippen LogP contribution < -0.4 is 4.74 Å². The van der Waals surface area contributed by atoms with Gasteiger partial charge in [0.05, 0.1) is 13.2 Å². The summed E-state index contributed by atoms with van der Waals surface area (Å²) in [6, 6.07) is 39.2. The van der Waals surface area contributed by atoms with Crippen LogP contribution in [-0.2, 0) is 19.5 Å². The highest BCUT2D eigenvalue weighted by molar-refractivity contribution is 5.51. The lowest BCUT2D eigenvalue weighted by molar-refractivity contribution is 0.0675. The van der Waals surface area contributed by atoms with Crippen LogP contribution >= 0.6 is 0 Å². The first kappa shape index (κ1) is 24.5. The van der Waals surface area contributed by atoms with Crippen LogP contribution in [0.2, 0.25) is 0 Å². The van der Waals surface area contributed by atoms with Crippen molar-refractivity contribution in [3.63, 3.8) is 0 Å². The Morgan fingerprint density at radius 3 is 1.66 bits per heavy atom. The van der Waals surface area contributed by atoms with Crippen LogP contribution in [0.25, 0.3) is 6.08 Å². The second kappa shape index (κ2) is 12.7. The first-order valence-electron chi connectivity index (χ1n) is 12.1. The Bertz CT molecular complexity index is 1120. The summed E-state index contributed by atoms with van der Waals surface area (Å²) < 4.78 is 5.26. The zero-order valence-corrected chi connectivity index (χ0v) is 20.2. The molecule has 0 bridgehead atoms. The van der Waals surface area contributed by atoms with Crippen LogP contribution in [-0.4, -0.2) is 29.3 Å². The van der Waals surface area contributed by atoms with Crippen molar-refractivity contribution in [3.8, 4) is 5.75 Å². The van der Waals surface area contributed by atoms with Gasteiger partial charge in [-0.3, -0.25) is 4.90 Å². The zero-order valence-electron chi connectivity index (χ0n) is 20.2. The van der Waals surface area contributed by atoms with Gasteiger partial charge in [-0.2, -0.15) is 0 Å². The number of nitrogens with zero attached hydrogens (tertiary/aromatic N) is 1. The van der Waals surface area contributed by atoms with Crippen molar-refractivity contribution in [3.05, 3.63) is 144 Å². The van der Waals surface area contributed by atoms with E-state index in [1.807, 2.05) is 54.6 Å². The summed E-state index contributed by atoms with van der Waals surface area (Å²) >= 11 is 0. The summed E-state index contributed by atoms with van der Waals surface area (Å²) in [4.78, 5) is 2.39. The van der Waals surface area contributed by atoms with Gasteiger partial charge in [0, 0.05) is 19.1 Å². The van der Waals surface area contributed by atoms with Gasteiger partial charge in [0.25, 0.3) is 0 Å². The molecule has 0 aromatic heterocycles.